The second-order valence-corrected chi connectivity index (χ2v) is 7.47. The van der Waals surface area contributed by atoms with Gasteiger partial charge in [0.15, 0.2) is 0 Å². The van der Waals surface area contributed by atoms with Gasteiger partial charge in [-0.05, 0) is 37.4 Å². The number of hydrogen-bond donors (Lipinski definition) is 3. The molecule has 0 saturated carbocycles. The topological polar surface area (TPSA) is 91.1 Å². The lowest BCUT2D eigenvalue weighted by Gasteiger charge is -2.25. The largest absolute Gasteiger partial charge is 0.361 e. The van der Waals surface area contributed by atoms with E-state index < -0.39 is 15.6 Å². The van der Waals surface area contributed by atoms with E-state index >= 15 is 0 Å². The molecule has 1 aromatic carbocycles. The first-order valence-electron chi connectivity index (χ1n) is 6.51. The van der Waals surface area contributed by atoms with Crippen molar-refractivity contribution in [2.45, 2.75) is 19.4 Å². The fourth-order valence-electron chi connectivity index (χ4n) is 2.13. The molecule has 0 aliphatic carbocycles. The molecule has 0 atom stereocenters. The maximum Gasteiger partial charge on any atom is 0.251 e. The highest BCUT2D eigenvalue weighted by Crippen LogP contribution is 2.14. The van der Waals surface area contributed by atoms with E-state index in [0.717, 1.165) is 17.2 Å². The van der Waals surface area contributed by atoms with Crippen molar-refractivity contribution in [1.29, 1.82) is 0 Å². The molecule has 0 aliphatic rings. The molecular formula is C14H19N3O3S. The minimum absolute atomic E-state index is 0.196. The molecule has 2 aromatic rings. The van der Waals surface area contributed by atoms with E-state index in [1.165, 1.54) is 0 Å². The lowest BCUT2D eigenvalue weighted by Crippen LogP contribution is -2.51. The highest BCUT2D eigenvalue weighted by atomic mass is 32.2. The van der Waals surface area contributed by atoms with Crippen molar-refractivity contribution in [2.75, 3.05) is 12.8 Å². The van der Waals surface area contributed by atoms with Crippen LogP contribution in [0, 0.1) is 0 Å². The van der Waals surface area contributed by atoms with Crippen LogP contribution < -0.4 is 10.0 Å². The maximum absolute atomic E-state index is 12.1. The monoisotopic (exact) mass is 309 g/mol. The van der Waals surface area contributed by atoms with Gasteiger partial charge < -0.3 is 10.3 Å². The van der Waals surface area contributed by atoms with Crippen LogP contribution in [0.4, 0.5) is 0 Å². The summed E-state index contributed by atoms with van der Waals surface area (Å²) in [4.78, 5) is 15.2. The van der Waals surface area contributed by atoms with Gasteiger partial charge in [-0.15, -0.1) is 0 Å². The van der Waals surface area contributed by atoms with Gasteiger partial charge in [-0.2, -0.15) is 0 Å². The average Bonchev–Trinajstić information content (AvgIpc) is 2.80. The van der Waals surface area contributed by atoms with Crippen LogP contribution in [0.3, 0.4) is 0 Å². The third-order valence-electron chi connectivity index (χ3n) is 2.97. The summed E-state index contributed by atoms with van der Waals surface area (Å²) >= 11 is 0. The summed E-state index contributed by atoms with van der Waals surface area (Å²) in [6, 6.07) is 7.29. The number of carbonyl (C=O) groups excluding carboxylic acids is 1. The standard InChI is InChI=1S/C14H19N3O3S/c1-14(2,17-21(3,19)20)9-16-13(18)11-5-4-10-6-7-15-12(10)8-11/h4-8,15,17H,9H2,1-3H3,(H,16,18). The number of rotatable bonds is 5. The number of amides is 1. The molecule has 2 rings (SSSR count). The number of nitrogens with one attached hydrogen (secondary N) is 3. The average molecular weight is 309 g/mol. The highest BCUT2D eigenvalue weighted by molar-refractivity contribution is 7.88. The van der Waals surface area contributed by atoms with Crippen LogP contribution in [-0.4, -0.2) is 37.6 Å². The SMILES string of the molecule is CC(C)(CNC(=O)c1ccc2cc[nH]c2c1)NS(C)(=O)=O. The van der Waals surface area contributed by atoms with E-state index in [2.05, 4.69) is 15.0 Å². The third-order valence-corrected chi connectivity index (χ3v) is 3.89. The Morgan fingerprint density at radius 3 is 2.67 bits per heavy atom. The highest BCUT2D eigenvalue weighted by Gasteiger charge is 2.23. The Kier molecular flexibility index (Phi) is 4.06. The van der Waals surface area contributed by atoms with Crippen molar-refractivity contribution in [2.24, 2.45) is 0 Å². The summed E-state index contributed by atoms with van der Waals surface area (Å²) in [6.07, 6.45) is 2.90. The van der Waals surface area contributed by atoms with Crippen molar-refractivity contribution >= 4 is 26.8 Å². The van der Waals surface area contributed by atoms with Crippen LogP contribution in [0.25, 0.3) is 10.9 Å². The van der Waals surface area contributed by atoms with Gasteiger partial charge in [0.05, 0.1) is 6.26 Å². The first kappa shape index (κ1) is 15.5. The molecule has 1 heterocycles. The minimum Gasteiger partial charge on any atom is -0.361 e. The van der Waals surface area contributed by atoms with Gasteiger partial charge in [-0.25, -0.2) is 13.1 Å². The van der Waals surface area contributed by atoms with Crippen molar-refractivity contribution in [3.05, 3.63) is 36.0 Å². The molecule has 0 unspecified atom stereocenters. The summed E-state index contributed by atoms with van der Waals surface area (Å²) in [5, 5.41) is 3.77. The molecule has 114 valence electrons. The van der Waals surface area contributed by atoms with Gasteiger partial charge in [0.25, 0.3) is 5.91 Å². The fourth-order valence-corrected chi connectivity index (χ4v) is 3.21. The molecule has 0 fully saturated rings. The van der Waals surface area contributed by atoms with Gasteiger partial charge in [0.2, 0.25) is 10.0 Å². The molecule has 7 heteroatoms. The fraction of sp³-hybridized carbons (Fsp3) is 0.357. The molecule has 0 bridgehead atoms. The van der Waals surface area contributed by atoms with E-state index in [-0.39, 0.29) is 12.5 Å². The number of aromatic nitrogens is 1. The van der Waals surface area contributed by atoms with E-state index in [0.29, 0.717) is 5.56 Å². The zero-order chi connectivity index (χ0) is 15.7. The van der Waals surface area contributed by atoms with E-state index in [1.54, 1.807) is 26.0 Å². The first-order chi connectivity index (χ1) is 9.66. The van der Waals surface area contributed by atoms with Gasteiger partial charge in [-0.1, -0.05) is 6.07 Å². The molecule has 0 spiro atoms. The quantitative estimate of drug-likeness (QED) is 0.775. The smallest absolute Gasteiger partial charge is 0.251 e. The minimum atomic E-state index is -3.32. The summed E-state index contributed by atoms with van der Waals surface area (Å²) in [7, 11) is -3.32. The van der Waals surface area contributed by atoms with Crippen molar-refractivity contribution in [3.63, 3.8) is 0 Å². The lowest BCUT2D eigenvalue weighted by atomic mass is 10.1. The Bertz CT molecular complexity index is 763. The normalized spacial score (nSPS) is 12.5. The summed E-state index contributed by atoms with van der Waals surface area (Å²) in [5.41, 5.74) is 0.663. The zero-order valence-corrected chi connectivity index (χ0v) is 13.0. The van der Waals surface area contributed by atoms with E-state index in [1.807, 2.05) is 18.3 Å². The van der Waals surface area contributed by atoms with E-state index in [9.17, 15) is 13.2 Å². The Labute approximate surface area is 124 Å². The molecule has 21 heavy (non-hydrogen) atoms. The number of aromatic amines is 1. The molecule has 1 aromatic heterocycles. The molecule has 1 amide bonds. The van der Waals surface area contributed by atoms with E-state index in [4.69, 9.17) is 0 Å². The van der Waals surface area contributed by atoms with Crippen LogP contribution in [0.1, 0.15) is 24.2 Å². The van der Waals surface area contributed by atoms with Crippen molar-refractivity contribution < 1.29 is 13.2 Å². The molecule has 3 N–H and O–H groups in total. The Morgan fingerprint density at radius 2 is 2.00 bits per heavy atom. The van der Waals surface area contributed by atoms with Crippen LogP contribution in [0.2, 0.25) is 0 Å². The number of carbonyl (C=O) groups is 1. The number of hydrogen-bond acceptors (Lipinski definition) is 3. The van der Waals surface area contributed by atoms with Crippen molar-refractivity contribution in [3.8, 4) is 0 Å². The zero-order valence-electron chi connectivity index (χ0n) is 12.2. The number of benzene rings is 1. The lowest BCUT2D eigenvalue weighted by molar-refractivity contribution is 0.0944. The number of fused-ring (bicyclic) bond motifs is 1. The number of sulfonamides is 1. The van der Waals surface area contributed by atoms with Gasteiger partial charge in [0.1, 0.15) is 0 Å². The van der Waals surface area contributed by atoms with Crippen LogP contribution in [0.15, 0.2) is 30.5 Å². The Morgan fingerprint density at radius 1 is 1.29 bits per heavy atom. The second-order valence-electron chi connectivity index (χ2n) is 5.72. The Hall–Kier alpha value is -1.86. The Balaban J connectivity index is 2.04. The predicted octanol–water partition coefficient (Wildman–Crippen LogP) is 1.23. The van der Waals surface area contributed by atoms with Crippen molar-refractivity contribution in [1.82, 2.24) is 15.0 Å². The van der Waals surface area contributed by atoms with Crippen LogP contribution in [0.5, 0.6) is 0 Å². The van der Waals surface area contributed by atoms with Gasteiger partial charge >= 0.3 is 0 Å². The molecule has 6 nitrogen and oxygen atoms in total. The number of H-pyrrole nitrogens is 1. The summed E-state index contributed by atoms with van der Waals surface area (Å²) < 4.78 is 25.0. The van der Waals surface area contributed by atoms with Crippen LogP contribution in [-0.2, 0) is 10.0 Å². The molecule has 0 aliphatic heterocycles. The summed E-state index contributed by atoms with van der Waals surface area (Å²) in [5.74, 6) is -0.241. The van der Waals surface area contributed by atoms with Crippen LogP contribution >= 0.6 is 0 Å². The van der Waals surface area contributed by atoms with Gasteiger partial charge in [-0.3, -0.25) is 4.79 Å². The predicted molar refractivity (Wildman–Crippen MR) is 82.7 cm³/mol. The molecule has 0 saturated heterocycles. The third kappa shape index (κ3) is 4.30. The maximum atomic E-state index is 12.1. The molecular weight excluding hydrogens is 290 g/mol. The molecule has 0 radical (unpaired) electrons. The summed E-state index contributed by atoms with van der Waals surface area (Å²) in [6.45, 7) is 3.62. The van der Waals surface area contributed by atoms with Gasteiger partial charge in [0, 0.05) is 29.4 Å². The first-order valence-corrected chi connectivity index (χ1v) is 8.40. The second kappa shape index (κ2) is 5.50.